The highest BCUT2D eigenvalue weighted by Gasteiger charge is 2.55. The van der Waals surface area contributed by atoms with Crippen LogP contribution in [0.4, 0.5) is 0 Å². The van der Waals surface area contributed by atoms with Crippen molar-refractivity contribution in [1.29, 1.82) is 0 Å². The molecule has 1 saturated carbocycles. The highest BCUT2D eigenvalue weighted by Crippen LogP contribution is 2.39. The molecule has 0 bridgehead atoms. The van der Waals surface area contributed by atoms with Gasteiger partial charge in [-0.2, -0.15) is 0 Å². The Kier molecular flexibility index (Phi) is 2.91. The van der Waals surface area contributed by atoms with Crippen LogP contribution in [-0.2, 0) is 18.9 Å². The molecule has 98 valence electrons. The summed E-state index contributed by atoms with van der Waals surface area (Å²) in [6.07, 6.45) is 1.31. The van der Waals surface area contributed by atoms with E-state index in [1.165, 1.54) is 12.8 Å². The van der Waals surface area contributed by atoms with Crippen molar-refractivity contribution < 1.29 is 24.1 Å². The zero-order chi connectivity index (χ0) is 12.0. The molecular formula is C12H20O5. The maximum Gasteiger partial charge on any atom is 0.190 e. The van der Waals surface area contributed by atoms with E-state index in [0.717, 1.165) is 6.61 Å². The third-order valence-electron chi connectivity index (χ3n) is 3.49. The van der Waals surface area contributed by atoms with Gasteiger partial charge >= 0.3 is 0 Å². The van der Waals surface area contributed by atoms with E-state index in [1.54, 1.807) is 0 Å². The Balaban J connectivity index is 1.64. The van der Waals surface area contributed by atoms with Gasteiger partial charge in [0.15, 0.2) is 12.1 Å². The van der Waals surface area contributed by atoms with Crippen LogP contribution in [0, 0.1) is 5.92 Å². The van der Waals surface area contributed by atoms with Crippen molar-refractivity contribution in [2.75, 3.05) is 13.2 Å². The van der Waals surface area contributed by atoms with E-state index >= 15 is 0 Å². The minimum Gasteiger partial charge on any atom is -0.394 e. The van der Waals surface area contributed by atoms with Gasteiger partial charge in [-0.1, -0.05) is 0 Å². The van der Waals surface area contributed by atoms with Crippen LogP contribution < -0.4 is 0 Å². The summed E-state index contributed by atoms with van der Waals surface area (Å²) in [7, 11) is 0. The van der Waals surface area contributed by atoms with Crippen LogP contribution in [0.25, 0.3) is 0 Å². The lowest BCUT2D eigenvalue weighted by molar-refractivity contribution is -0.222. The summed E-state index contributed by atoms with van der Waals surface area (Å²) in [4.78, 5) is 0. The highest BCUT2D eigenvalue weighted by molar-refractivity contribution is 4.94. The number of hydrogen-bond acceptors (Lipinski definition) is 5. The Bertz CT molecular complexity index is 289. The highest BCUT2D eigenvalue weighted by atomic mass is 16.8. The Morgan fingerprint density at radius 3 is 2.71 bits per heavy atom. The van der Waals surface area contributed by atoms with Crippen molar-refractivity contribution in [3.63, 3.8) is 0 Å². The molecule has 0 aromatic rings. The lowest BCUT2D eigenvalue weighted by Gasteiger charge is -2.24. The summed E-state index contributed by atoms with van der Waals surface area (Å²) in [6, 6.07) is 0. The summed E-state index contributed by atoms with van der Waals surface area (Å²) < 4.78 is 22.9. The normalized spacial score (nSPS) is 43.9. The van der Waals surface area contributed by atoms with Gasteiger partial charge in [-0.3, -0.25) is 0 Å². The molecule has 1 N–H and O–H groups in total. The van der Waals surface area contributed by atoms with Crippen LogP contribution in [0.1, 0.15) is 26.7 Å². The van der Waals surface area contributed by atoms with Crippen LogP contribution in [0.2, 0.25) is 0 Å². The molecule has 0 spiro atoms. The van der Waals surface area contributed by atoms with Gasteiger partial charge in [0.25, 0.3) is 0 Å². The van der Waals surface area contributed by atoms with E-state index in [1.807, 2.05) is 13.8 Å². The maximum atomic E-state index is 9.29. The maximum absolute atomic E-state index is 9.29. The minimum absolute atomic E-state index is 0.0600. The van der Waals surface area contributed by atoms with Crippen LogP contribution in [0.3, 0.4) is 0 Å². The van der Waals surface area contributed by atoms with Gasteiger partial charge in [0.1, 0.15) is 18.3 Å². The molecule has 3 rings (SSSR count). The first kappa shape index (κ1) is 11.9. The molecule has 17 heavy (non-hydrogen) atoms. The second-order valence-corrected chi connectivity index (χ2v) is 5.57. The number of aliphatic hydroxyl groups is 1. The van der Waals surface area contributed by atoms with E-state index in [-0.39, 0.29) is 24.9 Å². The fourth-order valence-electron chi connectivity index (χ4n) is 2.43. The van der Waals surface area contributed by atoms with Gasteiger partial charge in [0, 0.05) is 0 Å². The summed E-state index contributed by atoms with van der Waals surface area (Å²) in [5.41, 5.74) is 0. The molecule has 4 atom stereocenters. The molecular weight excluding hydrogens is 224 g/mol. The summed E-state index contributed by atoms with van der Waals surface area (Å²) in [5, 5.41) is 9.29. The predicted octanol–water partition coefficient (Wildman–Crippen LogP) is 0.650. The molecule has 5 heteroatoms. The van der Waals surface area contributed by atoms with Crippen LogP contribution in [-0.4, -0.2) is 48.7 Å². The van der Waals surface area contributed by atoms with E-state index in [2.05, 4.69) is 0 Å². The minimum atomic E-state index is -0.628. The molecule has 0 aromatic heterocycles. The largest absolute Gasteiger partial charge is 0.394 e. The summed E-state index contributed by atoms with van der Waals surface area (Å²) in [5.74, 6) is 0.0560. The lowest BCUT2D eigenvalue weighted by atomic mass is 10.1. The van der Waals surface area contributed by atoms with Gasteiger partial charge in [0.05, 0.1) is 13.2 Å². The Morgan fingerprint density at radius 1 is 1.29 bits per heavy atom. The Labute approximate surface area is 101 Å². The molecule has 0 aromatic carbocycles. The first-order valence-electron chi connectivity index (χ1n) is 6.32. The summed E-state index contributed by atoms with van der Waals surface area (Å²) >= 11 is 0. The van der Waals surface area contributed by atoms with Crippen molar-refractivity contribution in [3.05, 3.63) is 0 Å². The SMILES string of the molecule is CC1(C)OC2O[C@H](CO)[C@H](OCC3CC3)[C@H]2O1. The smallest absolute Gasteiger partial charge is 0.190 e. The second kappa shape index (κ2) is 4.17. The van der Waals surface area contributed by atoms with Crippen LogP contribution in [0.15, 0.2) is 0 Å². The molecule has 0 amide bonds. The van der Waals surface area contributed by atoms with Crippen molar-refractivity contribution in [2.45, 2.75) is 57.1 Å². The van der Waals surface area contributed by atoms with Gasteiger partial charge < -0.3 is 24.1 Å². The quantitative estimate of drug-likeness (QED) is 0.787. The van der Waals surface area contributed by atoms with Gasteiger partial charge in [-0.25, -0.2) is 0 Å². The Hall–Kier alpha value is -0.200. The molecule has 3 aliphatic rings. The van der Waals surface area contributed by atoms with E-state index in [9.17, 15) is 5.11 Å². The number of aliphatic hydroxyl groups excluding tert-OH is 1. The monoisotopic (exact) mass is 244 g/mol. The fourth-order valence-corrected chi connectivity index (χ4v) is 2.43. The number of hydrogen-bond donors (Lipinski definition) is 1. The average Bonchev–Trinajstić information content (AvgIpc) is 2.96. The first-order chi connectivity index (χ1) is 8.09. The third-order valence-corrected chi connectivity index (χ3v) is 3.49. The first-order valence-corrected chi connectivity index (χ1v) is 6.32. The third kappa shape index (κ3) is 2.35. The van der Waals surface area contributed by atoms with Crippen molar-refractivity contribution in [1.82, 2.24) is 0 Å². The van der Waals surface area contributed by atoms with E-state index < -0.39 is 12.1 Å². The fraction of sp³-hybridized carbons (Fsp3) is 1.00. The van der Waals surface area contributed by atoms with E-state index in [0.29, 0.717) is 5.92 Å². The molecule has 2 saturated heterocycles. The molecule has 5 nitrogen and oxygen atoms in total. The molecule has 2 aliphatic heterocycles. The number of ether oxygens (including phenoxy) is 4. The van der Waals surface area contributed by atoms with Crippen molar-refractivity contribution in [2.24, 2.45) is 5.92 Å². The Morgan fingerprint density at radius 2 is 2.06 bits per heavy atom. The average molecular weight is 244 g/mol. The van der Waals surface area contributed by atoms with Crippen LogP contribution >= 0.6 is 0 Å². The topological polar surface area (TPSA) is 57.2 Å². The lowest BCUT2D eigenvalue weighted by Crippen LogP contribution is -2.38. The molecule has 1 aliphatic carbocycles. The predicted molar refractivity (Wildman–Crippen MR) is 58.2 cm³/mol. The zero-order valence-electron chi connectivity index (χ0n) is 10.3. The molecule has 2 heterocycles. The number of fused-ring (bicyclic) bond motifs is 1. The molecule has 0 radical (unpaired) electrons. The van der Waals surface area contributed by atoms with Gasteiger partial charge in [0.2, 0.25) is 0 Å². The standard InChI is InChI=1S/C12H20O5/c1-12(2)16-10-9(14-6-7-3-4-7)8(5-13)15-11(10)17-12/h7-11,13H,3-6H2,1-2H3/t8-,9+,10-,11?/m1/s1. The van der Waals surface area contributed by atoms with Crippen molar-refractivity contribution >= 4 is 0 Å². The van der Waals surface area contributed by atoms with Crippen molar-refractivity contribution in [3.8, 4) is 0 Å². The zero-order valence-corrected chi connectivity index (χ0v) is 10.3. The van der Waals surface area contributed by atoms with E-state index in [4.69, 9.17) is 18.9 Å². The summed E-state index contributed by atoms with van der Waals surface area (Å²) in [6.45, 7) is 4.40. The van der Waals surface area contributed by atoms with Gasteiger partial charge in [-0.05, 0) is 32.6 Å². The van der Waals surface area contributed by atoms with Crippen LogP contribution in [0.5, 0.6) is 0 Å². The molecule has 3 fully saturated rings. The molecule has 1 unspecified atom stereocenters. The van der Waals surface area contributed by atoms with Gasteiger partial charge in [-0.15, -0.1) is 0 Å². The second-order valence-electron chi connectivity index (χ2n) is 5.57. The number of rotatable bonds is 4.